The maximum atomic E-state index is 14.7. The van der Waals surface area contributed by atoms with Gasteiger partial charge in [0.2, 0.25) is 5.60 Å². The quantitative estimate of drug-likeness (QED) is 0.0935. The van der Waals surface area contributed by atoms with Crippen LogP contribution in [-0.4, -0.2) is 77.8 Å². The summed E-state index contributed by atoms with van der Waals surface area (Å²) in [5, 5.41) is 0. The van der Waals surface area contributed by atoms with Gasteiger partial charge in [-0.25, -0.2) is 0 Å². The van der Waals surface area contributed by atoms with Gasteiger partial charge in [0.25, 0.3) is 5.97 Å². The van der Waals surface area contributed by atoms with Crippen LogP contribution in [0.5, 0.6) is 0 Å². The molecule has 51 heavy (non-hydrogen) atoms. The van der Waals surface area contributed by atoms with Crippen molar-refractivity contribution in [3.8, 4) is 0 Å². The number of ether oxygens (including phenoxy) is 6. The maximum absolute atomic E-state index is 14.7. The minimum absolute atomic E-state index is 0.137. The van der Waals surface area contributed by atoms with E-state index < -0.39 is 104 Å². The normalized spacial score (nSPS) is 45.0. The van der Waals surface area contributed by atoms with Crippen LogP contribution in [0.2, 0.25) is 0 Å². The molecular weight excluding hydrogens is 655 g/mol. The summed E-state index contributed by atoms with van der Waals surface area (Å²) in [5.41, 5.74) is -10.5. The second-order valence-corrected chi connectivity index (χ2v) is 17.3. The lowest BCUT2D eigenvalue weighted by Gasteiger charge is -2.76. The standard InChI is InChI=1S/C39H53BO11/c1-13-16-22(14-2)27(43)32(8,9)23-18-26(42)46-31-38(23)36(15-3)34(11)24(17-25(40)41)33(10)19-37(34,50-35(12,49-36)51-38)39(31,48-29(45)21(6)7)30(33)47-28(44)20(4)5/h13-14,16,20-21,23-24,30-31H,15,17-19H2,1-12H3/b16-13-,22-14+. The lowest BCUT2D eigenvalue weighted by molar-refractivity contribution is -0.474. The van der Waals surface area contributed by atoms with Crippen LogP contribution in [0.3, 0.4) is 0 Å². The van der Waals surface area contributed by atoms with Crippen LogP contribution >= 0.6 is 0 Å². The van der Waals surface area contributed by atoms with Crippen molar-refractivity contribution in [3.05, 3.63) is 23.8 Å². The molecular formula is C39H53BO11. The third-order valence-electron chi connectivity index (χ3n) is 13.8. The Bertz CT molecular complexity index is 1650. The lowest BCUT2D eigenvalue weighted by atomic mass is 9.35. The molecule has 0 N–H and O–H groups in total. The van der Waals surface area contributed by atoms with Gasteiger partial charge in [-0.1, -0.05) is 80.5 Å². The predicted molar refractivity (Wildman–Crippen MR) is 184 cm³/mol. The van der Waals surface area contributed by atoms with E-state index in [0.717, 1.165) is 0 Å². The number of hydrogen-bond donors (Lipinski definition) is 0. The molecule has 2 radical (unpaired) electrons. The highest BCUT2D eigenvalue weighted by molar-refractivity contribution is 6.57. The van der Waals surface area contributed by atoms with Crippen LogP contribution in [0.15, 0.2) is 23.8 Å². The van der Waals surface area contributed by atoms with E-state index >= 15 is 0 Å². The van der Waals surface area contributed by atoms with Crippen molar-refractivity contribution < 1.29 is 52.4 Å². The predicted octanol–water partition coefficient (Wildman–Crippen LogP) is 5.06. The summed E-state index contributed by atoms with van der Waals surface area (Å²) >= 11 is 0. The van der Waals surface area contributed by atoms with Crippen molar-refractivity contribution in [2.45, 2.75) is 149 Å². The molecule has 4 bridgehead atoms. The van der Waals surface area contributed by atoms with Gasteiger partial charge in [-0.05, 0) is 39.0 Å². The van der Waals surface area contributed by atoms with Gasteiger partial charge in [-0.3, -0.25) is 19.2 Å². The van der Waals surface area contributed by atoms with E-state index in [2.05, 4.69) is 0 Å². The van der Waals surface area contributed by atoms with Crippen LogP contribution in [0, 0.1) is 39.9 Å². The number of hydrogen-bond acceptors (Lipinski definition) is 11. The van der Waals surface area contributed by atoms with Crippen LogP contribution in [0.25, 0.3) is 0 Å². The minimum Gasteiger partial charge on any atom is -0.457 e. The molecule has 6 aliphatic rings. The minimum atomic E-state index is -1.99. The molecule has 12 heteroatoms. The number of rotatable bonds is 11. The van der Waals surface area contributed by atoms with Gasteiger partial charge in [-0.15, -0.1) is 0 Å². The van der Waals surface area contributed by atoms with Crippen molar-refractivity contribution in [1.82, 2.24) is 0 Å². The van der Waals surface area contributed by atoms with E-state index in [1.54, 1.807) is 73.6 Å². The molecule has 3 saturated heterocycles. The summed E-state index contributed by atoms with van der Waals surface area (Å²) in [6.07, 6.45) is 2.53. The lowest BCUT2D eigenvalue weighted by Crippen LogP contribution is -2.94. The Kier molecular flexibility index (Phi) is 8.43. The zero-order valence-corrected chi connectivity index (χ0v) is 32.1. The smallest absolute Gasteiger partial charge is 0.309 e. The topological polar surface area (TPSA) is 141 Å². The van der Waals surface area contributed by atoms with E-state index in [1.165, 1.54) is 0 Å². The molecule has 3 aliphatic carbocycles. The van der Waals surface area contributed by atoms with Crippen LogP contribution in [-0.2, 0) is 52.4 Å². The first-order valence-corrected chi connectivity index (χ1v) is 18.4. The highest BCUT2D eigenvalue weighted by atomic mass is 16.9. The average molecular weight is 709 g/mol. The Morgan fingerprint density at radius 3 is 2.16 bits per heavy atom. The fraction of sp³-hybridized carbons (Fsp3) is 0.769. The molecule has 0 aromatic heterocycles. The van der Waals surface area contributed by atoms with Crippen molar-refractivity contribution in [2.75, 3.05) is 0 Å². The van der Waals surface area contributed by atoms with Crippen molar-refractivity contribution in [3.63, 3.8) is 0 Å². The van der Waals surface area contributed by atoms with Crippen LogP contribution in [0.4, 0.5) is 0 Å². The number of carbonyl (C=O) groups excluding carboxylic acids is 5. The van der Waals surface area contributed by atoms with E-state index in [1.807, 2.05) is 27.7 Å². The Hall–Kier alpha value is -2.83. The van der Waals surface area contributed by atoms with Gasteiger partial charge in [0, 0.05) is 34.7 Å². The Morgan fingerprint density at radius 1 is 1.00 bits per heavy atom. The van der Waals surface area contributed by atoms with Crippen molar-refractivity contribution in [2.24, 2.45) is 39.9 Å². The van der Waals surface area contributed by atoms with Crippen LogP contribution < -0.4 is 0 Å². The first kappa shape index (κ1) is 37.9. The van der Waals surface area contributed by atoms with Crippen molar-refractivity contribution in [1.29, 1.82) is 0 Å². The first-order chi connectivity index (χ1) is 23.5. The molecule has 11 nitrogen and oxygen atoms in total. The fourth-order valence-electron chi connectivity index (χ4n) is 12.1. The van der Waals surface area contributed by atoms with E-state index in [9.17, 15) is 24.0 Å². The number of esters is 3. The Balaban J connectivity index is 1.78. The number of ketones is 1. The van der Waals surface area contributed by atoms with Gasteiger partial charge >= 0.3 is 17.9 Å². The Morgan fingerprint density at radius 2 is 1.63 bits per heavy atom. The number of carbonyl (C=O) groups is 5. The molecule has 6 fully saturated rings. The zero-order chi connectivity index (χ0) is 38.1. The number of allylic oxidation sites excluding steroid dienone is 4. The summed E-state index contributed by atoms with van der Waals surface area (Å²) < 4.78 is 41.3. The van der Waals surface area contributed by atoms with Gasteiger partial charge in [0.15, 0.2) is 25.8 Å². The highest BCUT2D eigenvalue weighted by Crippen LogP contribution is 2.89. The molecule has 11 atom stereocenters. The van der Waals surface area contributed by atoms with Crippen molar-refractivity contribution >= 4 is 37.2 Å². The molecule has 3 aliphatic heterocycles. The molecule has 11 unspecified atom stereocenters. The maximum Gasteiger partial charge on any atom is 0.309 e. The third-order valence-corrected chi connectivity index (χ3v) is 13.8. The average Bonchev–Trinajstić information content (AvgIpc) is 3.46. The highest BCUT2D eigenvalue weighted by Gasteiger charge is 3.04. The first-order valence-electron chi connectivity index (χ1n) is 18.4. The monoisotopic (exact) mass is 708 g/mol. The van der Waals surface area contributed by atoms with E-state index in [-0.39, 0.29) is 31.5 Å². The van der Waals surface area contributed by atoms with Gasteiger partial charge < -0.3 is 33.2 Å². The third kappa shape index (κ3) is 4.16. The molecule has 0 amide bonds. The fourth-order valence-corrected chi connectivity index (χ4v) is 12.1. The summed E-state index contributed by atoms with van der Waals surface area (Å²) in [6, 6.07) is 0. The number of Topliss-reactive ketones (excluding diaryl/α,β-unsaturated/α-hetero) is 1. The van der Waals surface area contributed by atoms with Crippen LogP contribution in [0.1, 0.15) is 109 Å². The van der Waals surface area contributed by atoms with E-state index in [0.29, 0.717) is 5.57 Å². The summed E-state index contributed by atoms with van der Waals surface area (Å²) in [5.74, 6) is -6.70. The zero-order valence-electron chi connectivity index (χ0n) is 32.1. The van der Waals surface area contributed by atoms with E-state index in [4.69, 9.17) is 36.3 Å². The molecule has 2 spiro atoms. The molecule has 3 saturated carbocycles. The second-order valence-electron chi connectivity index (χ2n) is 17.3. The second kappa shape index (κ2) is 11.3. The summed E-state index contributed by atoms with van der Waals surface area (Å²) in [6.45, 7) is 21.4. The molecule has 6 rings (SSSR count). The van der Waals surface area contributed by atoms with Gasteiger partial charge in [-0.2, -0.15) is 0 Å². The largest absolute Gasteiger partial charge is 0.457 e. The summed E-state index contributed by atoms with van der Waals surface area (Å²) in [7, 11) is 6.03. The van der Waals surface area contributed by atoms with Gasteiger partial charge in [0.1, 0.15) is 16.8 Å². The molecule has 3 heterocycles. The summed E-state index contributed by atoms with van der Waals surface area (Å²) in [4.78, 5) is 70.0. The number of fused-ring (bicyclic) bond motifs is 3. The Labute approximate surface area is 302 Å². The molecule has 0 aromatic rings. The molecule has 278 valence electrons. The molecule has 0 aromatic carbocycles. The van der Waals surface area contributed by atoms with Gasteiger partial charge in [0.05, 0.1) is 23.9 Å². The SMILES string of the molecule is [B]C(=O)CC1C2(C)CC34OC5(C)OC6(C(C(C)(C)C(=O)C(/C=C\C)=C/C)CC(=O)OC6C3(OC(=O)C(C)C)C2OC(=O)C(C)C)C(CC)(O5)C14C.